The van der Waals surface area contributed by atoms with Gasteiger partial charge >= 0.3 is 0 Å². The summed E-state index contributed by atoms with van der Waals surface area (Å²) in [6, 6.07) is 6.28. The van der Waals surface area contributed by atoms with Gasteiger partial charge in [-0.1, -0.05) is 12.1 Å². The van der Waals surface area contributed by atoms with Crippen LogP contribution in [-0.4, -0.2) is 78.6 Å². The SMILES string of the molecule is CN1CCN(C)[C@H](CC(=O)N2CCC(O)(c3ccc(F)cc3)CC2)C1. The molecular weight excluding hydrogens is 321 g/mol. The van der Waals surface area contributed by atoms with Crippen molar-refractivity contribution < 1.29 is 14.3 Å². The van der Waals surface area contributed by atoms with Crippen LogP contribution in [0.4, 0.5) is 4.39 Å². The second kappa shape index (κ2) is 7.40. The van der Waals surface area contributed by atoms with Crippen LogP contribution in [-0.2, 0) is 10.4 Å². The van der Waals surface area contributed by atoms with Crippen molar-refractivity contribution >= 4 is 5.91 Å². The molecule has 0 radical (unpaired) electrons. The summed E-state index contributed by atoms with van der Waals surface area (Å²) in [6.45, 7) is 4.02. The molecule has 1 N–H and O–H groups in total. The first-order valence-corrected chi connectivity index (χ1v) is 9.02. The monoisotopic (exact) mass is 349 g/mol. The fourth-order valence-corrected chi connectivity index (χ4v) is 3.83. The van der Waals surface area contributed by atoms with Gasteiger partial charge in [0.05, 0.1) is 5.60 Å². The van der Waals surface area contributed by atoms with E-state index < -0.39 is 5.60 Å². The Morgan fingerprint density at radius 2 is 1.80 bits per heavy atom. The molecule has 1 amide bonds. The largest absolute Gasteiger partial charge is 0.385 e. The Labute approximate surface area is 149 Å². The lowest BCUT2D eigenvalue weighted by Crippen LogP contribution is -2.53. The van der Waals surface area contributed by atoms with Crippen LogP contribution in [0.5, 0.6) is 0 Å². The molecule has 2 saturated heterocycles. The number of likely N-dealkylation sites (N-methyl/N-ethyl adjacent to an activating group) is 2. The fraction of sp³-hybridized carbons (Fsp3) is 0.632. The maximum atomic E-state index is 13.1. The van der Waals surface area contributed by atoms with Crippen LogP contribution < -0.4 is 0 Å². The normalized spacial score (nSPS) is 25.1. The highest BCUT2D eigenvalue weighted by Gasteiger charge is 2.36. The highest BCUT2D eigenvalue weighted by atomic mass is 19.1. The zero-order valence-electron chi connectivity index (χ0n) is 15.1. The molecule has 0 aliphatic carbocycles. The van der Waals surface area contributed by atoms with Gasteiger partial charge in [-0.15, -0.1) is 0 Å². The number of aliphatic hydroxyl groups is 1. The first-order chi connectivity index (χ1) is 11.9. The van der Waals surface area contributed by atoms with Gasteiger partial charge in [0.1, 0.15) is 5.82 Å². The minimum absolute atomic E-state index is 0.160. The number of benzene rings is 1. The van der Waals surface area contributed by atoms with Crippen molar-refractivity contribution in [3.63, 3.8) is 0 Å². The van der Waals surface area contributed by atoms with Gasteiger partial charge in [-0.25, -0.2) is 4.39 Å². The number of halogens is 1. The van der Waals surface area contributed by atoms with Gasteiger partial charge in [0, 0.05) is 45.2 Å². The van der Waals surface area contributed by atoms with E-state index in [2.05, 4.69) is 23.9 Å². The molecule has 2 aliphatic heterocycles. The first-order valence-electron chi connectivity index (χ1n) is 9.02. The molecule has 2 fully saturated rings. The maximum Gasteiger partial charge on any atom is 0.224 e. The highest BCUT2D eigenvalue weighted by Crippen LogP contribution is 2.33. The van der Waals surface area contributed by atoms with E-state index in [-0.39, 0.29) is 17.8 Å². The molecule has 2 aliphatic rings. The molecule has 0 saturated carbocycles. The van der Waals surface area contributed by atoms with Crippen LogP contribution in [0.3, 0.4) is 0 Å². The minimum atomic E-state index is -0.966. The summed E-state index contributed by atoms with van der Waals surface area (Å²) in [5.41, 5.74) is -0.235. The number of carbonyl (C=O) groups excluding carboxylic acids is 1. The Kier molecular flexibility index (Phi) is 5.41. The second-order valence-electron chi connectivity index (χ2n) is 7.52. The van der Waals surface area contributed by atoms with E-state index in [0.29, 0.717) is 32.4 Å². The van der Waals surface area contributed by atoms with Crippen molar-refractivity contribution in [2.24, 2.45) is 0 Å². The number of piperazine rings is 1. The molecule has 0 unspecified atom stereocenters. The molecular formula is C19H28FN3O2. The lowest BCUT2D eigenvalue weighted by atomic mass is 9.84. The average molecular weight is 349 g/mol. The van der Waals surface area contributed by atoms with Crippen LogP contribution in [0, 0.1) is 5.82 Å². The third kappa shape index (κ3) is 4.19. The van der Waals surface area contributed by atoms with Gasteiger partial charge in [-0.3, -0.25) is 4.79 Å². The van der Waals surface area contributed by atoms with Gasteiger partial charge in [0.2, 0.25) is 5.91 Å². The number of rotatable bonds is 3. The quantitative estimate of drug-likeness (QED) is 0.893. The van der Waals surface area contributed by atoms with Crippen molar-refractivity contribution in [3.8, 4) is 0 Å². The Morgan fingerprint density at radius 3 is 2.44 bits per heavy atom. The highest BCUT2D eigenvalue weighted by molar-refractivity contribution is 5.77. The lowest BCUT2D eigenvalue weighted by Gasteiger charge is -2.41. The number of piperidine rings is 1. The predicted octanol–water partition coefficient (Wildman–Crippen LogP) is 1.27. The standard InChI is InChI=1S/C19H28FN3O2/c1-21-11-12-22(2)17(14-21)13-18(24)23-9-7-19(25,8-10-23)15-3-5-16(20)6-4-15/h3-6,17,25H,7-14H2,1-2H3/t17-/m1/s1. The molecule has 0 bridgehead atoms. The summed E-state index contributed by atoms with van der Waals surface area (Å²) < 4.78 is 13.1. The average Bonchev–Trinajstić information content (AvgIpc) is 2.59. The maximum absolute atomic E-state index is 13.1. The molecule has 2 heterocycles. The minimum Gasteiger partial charge on any atom is -0.385 e. The smallest absolute Gasteiger partial charge is 0.224 e. The third-order valence-corrected chi connectivity index (χ3v) is 5.72. The van der Waals surface area contributed by atoms with E-state index in [0.717, 1.165) is 25.2 Å². The van der Waals surface area contributed by atoms with Gasteiger partial charge in [0.25, 0.3) is 0 Å². The van der Waals surface area contributed by atoms with Crippen LogP contribution in [0.2, 0.25) is 0 Å². The molecule has 1 atom stereocenters. The summed E-state index contributed by atoms with van der Waals surface area (Å²) in [6.07, 6.45) is 1.51. The Bertz CT molecular complexity index is 599. The van der Waals surface area contributed by atoms with Gasteiger partial charge in [-0.2, -0.15) is 0 Å². The third-order valence-electron chi connectivity index (χ3n) is 5.72. The first kappa shape index (κ1) is 18.3. The Hall–Kier alpha value is -1.50. The molecule has 1 aromatic rings. The van der Waals surface area contributed by atoms with Crippen LogP contribution >= 0.6 is 0 Å². The molecule has 6 heteroatoms. The number of hydrogen-bond acceptors (Lipinski definition) is 4. The zero-order chi connectivity index (χ0) is 18.0. The van der Waals surface area contributed by atoms with E-state index in [4.69, 9.17) is 0 Å². The number of hydrogen-bond donors (Lipinski definition) is 1. The van der Waals surface area contributed by atoms with E-state index >= 15 is 0 Å². The number of nitrogens with zero attached hydrogens (tertiary/aromatic N) is 3. The number of amides is 1. The van der Waals surface area contributed by atoms with Gasteiger partial charge < -0.3 is 19.8 Å². The summed E-state index contributed by atoms with van der Waals surface area (Å²) in [7, 11) is 4.17. The van der Waals surface area contributed by atoms with Gasteiger partial charge in [-0.05, 0) is 44.6 Å². The Morgan fingerprint density at radius 1 is 1.16 bits per heavy atom. The molecule has 0 aromatic heterocycles. The van der Waals surface area contributed by atoms with Crippen LogP contribution in [0.25, 0.3) is 0 Å². The van der Waals surface area contributed by atoms with E-state index in [1.807, 2.05) is 4.90 Å². The van der Waals surface area contributed by atoms with Crippen molar-refractivity contribution in [1.82, 2.24) is 14.7 Å². The fourth-order valence-electron chi connectivity index (χ4n) is 3.83. The van der Waals surface area contributed by atoms with Crippen molar-refractivity contribution in [2.75, 3.05) is 46.8 Å². The number of carbonyl (C=O) groups is 1. The second-order valence-corrected chi connectivity index (χ2v) is 7.52. The van der Waals surface area contributed by atoms with Crippen molar-refractivity contribution in [3.05, 3.63) is 35.6 Å². The topological polar surface area (TPSA) is 47.0 Å². The van der Waals surface area contributed by atoms with E-state index in [1.165, 1.54) is 12.1 Å². The summed E-state index contributed by atoms with van der Waals surface area (Å²) in [4.78, 5) is 19.0. The van der Waals surface area contributed by atoms with Crippen LogP contribution in [0.15, 0.2) is 24.3 Å². The molecule has 25 heavy (non-hydrogen) atoms. The molecule has 1 aromatic carbocycles. The molecule has 0 spiro atoms. The summed E-state index contributed by atoms with van der Waals surface area (Å²) in [5, 5.41) is 10.9. The molecule has 3 rings (SSSR count). The van der Waals surface area contributed by atoms with Crippen LogP contribution in [0.1, 0.15) is 24.8 Å². The van der Waals surface area contributed by atoms with E-state index in [1.54, 1.807) is 12.1 Å². The van der Waals surface area contributed by atoms with Gasteiger partial charge in [0.15, 0.2) is 0 Å². The zero-order valence-corrected chi connectivity index (χ0v) is 15.1. The Balaban J connectivity index is 1.56. The summed E-state index contributed by atoms with van der Waals surface area (Å²) >= 11 is 0. The lowest BCUT2D eigenvalue weighted by molar-refractivity contribution is -0.137. The predicted molar refractivity (Wildman–Crippen MR) is 94.6 cm³/mol. The van der Waals surface area contributed by atoms with Crippen molar-refractivity contribution in [1.29, 1.82) is 0 Å². The van der Waals surface area contributed by atoms with Crippen molar-refractivity contribution in [2.45, 2.75) is 30.9 Å². The summed E-state index contributed by atoms with van der Waals surface area (Å²) in [5.74, 6) is -0.144. The molecule has 5 nitrogen and oxygen atoms in total. The van der Waals surface area contributed by atoms with E-state index in [9.17, 15) is 14.3 Å². The number of likely N-dealkylation sites (tertiary alicyclic amines) is 1. The molecule has 138 valence electrons.